The number of piperidine rings is 1. The molecule has 2 atom stereocenters. The van der Waals surface area contributed by atoms with Crippen LogP contribution >= 0.6 is 0 Å². The highest BCUT2D eigenvalue weighted by Gasteiger charge is 2.50. The number of ether oxygens (including phenoxy) is 2. The molecule has 0 saturated carbocycles. The summed E-state index contributed by atoms with van der Waals surface area (Å²) in [7, 11) is 0. The molecule has 1 aromatic heterocycles. The van der Waals surface area contributed by atoms with Crippen LogP contribution in [-0.4, -0.2) is 51.4 Å². The molecule has 1 amide bonds. The minimum atomic E-state index is -1.16. The van der Waals surface area contributed by atoms with Crippen LogP contribution in [-0.2, 0) is 21.7 Å². The summed E-state index contributed by atoms with van der Waals surface area (Å²) in [4.78, 5) is 23.7. The lowest BCUT2D eigenvalue weighted by Gasteiger charge is -2.50. The zero-order valence-electron chi connectivity index (χ0n) is 16.5. The number of fused-ring (bicyclic) bond motifs is 3. The molecular formula is C23H23N3O4. The van der Waals surface area contributed by atoms with Gasteiger partial charge in [-0.15, -0.1) is 0 Å². The number of aromatic nitrogens is 2. The van der Waals surface area contributed by atoms with E-state index in [-0.39, 0.29) is 24.8 Å². The zero-order valence-corrected chi connectivity index (χ0v) is 16.5. The smallest absolute Gasteiger partial charge is 0.410 e. The van der Waals surface area contributed by atoms with Crippen LogP contribution in [0.2, 0.25) is 0 Å². The molecular weight excluding hydrogens is 382 g/mol. The minimum Gasteiger partial charge on any atom is -0.445 e. The van der Waals surface area contributed by atoms with Crippen molar-refractivity contribution >= 4 is 17.1 Å². The molecule has 2 aliphatic rings. The van der Waals surface area contributed by atoms with Crippen molar-refractivity contribution in [3.63, 3.8) is 0 Å². The van der Waals surface area contributed by atoms with Gasteiger partial charge in [-0.3, -0.25) is 9.88 Å². The van der Waals surface area contributed by atoms with Gasteiger partial charge in [0.1, 0.15) is 12.2 Å². The SMILES string of the molecule is O=C(OCc1ccccc1)N1C2COCC1CC(O)(c1cnc3ccccc3n1)C2. The monoisotopic (exact) mass is 405 g/mol. The van der Waals surface area contributed by atoms with Crippen LogP contribution in [0.4, 0.5) is 4.79 Å². The van der Waals surface area contributed by atoms with Gasteiger partial charge in [0.05, 0.1) is 48.2 Å². The number of hydrogen-bond donors (Lipinski definition) is 1. The van der Waals surface area contributed by atoms with Gasteiger partial charge in [0.2, 0.25) is 0 Å². The van der Waals surface area contributed by atoms with Crippen molar-refractivity contribution in [2.75, 3.05) is 13.2 Å². The lowest BCUT2D eigenvalue weighted by Crippen LogP contribution is -2.62. The molecule has 2 saturated heterocycles. The topological polar surface area (TPSA) is 84.8 Å². The van der Waals surface area contributed by atoms with E-state index in [1.54, 1.807) is 11.1 Å². The summed E-state index contributed by atoms with van der Waals surface area (Å²) in [5.41, 5.74) is 1.85. The van der Waals surface area contributed by atoms with Crippen LogP contribution in [0.3, 0.4) is 0 Å². The Kier molecular flexibility index (Phi) is 4.84. The highest BCUT2D eigenvalue weighted by Crippen LogP contribution is 2.40. The second-order valence-electron chi connectivity index (χ2n) is 7.98. The molecule has 2 unspecified atom stereocenters. The number of rotatable bonds is 3. The van der Waals surface area contributed by atoms with E-state index >= 15 is 0 Å². The number of amides is 1. The lowest BCUT2D eigenvalue weighted by molar-refractivity contribution is -0.138. The number of nitrogens with zero attached hydrogens (tertiary/aromatic N) is 3. The number of morpholine rings is 1. The number of para-hydroxylation sites is 2. The van der Waals surface area contributed by atoms with E-state index in [1.807, 2.05) is 54.6 Å². The van der Waals surface area contributed by atoms with Crippen LogP contribution < -0.4 is 0 Å². The van der Waals surface area contributed by atoms with Crippen molar-refractivity contribution in [3.05, 3.63) is 72.1 Å². The summed E-state index contributed by atoms with van der Waals surface area (Å²) < 4.78 is 11.2. The fourth-order valence-corrected chi connectivity index (χ4v) is 4.46. The maximum Gasteiger partial charge on any atom is 0.410 e. The van der Waals surface area contributed by atoms with Gasteiger partial charge in [-0.1, -0.05) is 42.5 Å². The first-order valence-electron chi connectivity index (χ1n) is 10.1. The number of carbonyl (C=O) groups excluding carboxylic acids is 1. The van der Waals surface area contributed by atoms with Crippen molar-refractivity contribution in [1.82, 2.24) is 14.9 Å². The Hall–Kier alpha value is -3.03. The number of hydrogen-bond acceptors (Lipinski definition) is 6. The van der Waals surface area contributed by atoms with Crippen molar-refractivity contribution in [2.24, 2.45) is 0 Å². The van der Waals surface area contributed by atoms with E-state index in [2.05, 4.69) is 9.97 Å². The maximum atomic E-state index is 12.8. The second-order valence-corrected chi connectivity index (χ2v) is 7.98. The Balaban J connectivity index is 1.35. The Morgan fingerprint density at radius 1 is 1.07 bits per heavy atom. The van der Waals surface area contributed by atoms with Crippen molar-refractivity contribution in [3.8, 4) is 0 Å². The average Bonchev–Trinajstić information content (AvgIpc) is 2.77. The van der Waals surface area contributed by atoms with Crippen LogP contribution in [0.25, 0.3) is 11.0 Å². The third kappa shape index (κ3) is 3.51. The molecule has 30 heavy (non-hydrogen) atoms. The van der Waals surface area contributed by atoms with E-state index in [0.29, 0.717) is 31.7 Å². The quantitative estimate of drug-likeness (QED) is 0.721. The van der Waals surface area contributed by atoms with Crippen LogP contribution in [0.5, 0.6) is 0 Å². The van der Waals surface area contributed by atoms with Crippen molar-refractivity contribution in [2.45, 2.75) is 37.1 Å². The fourth-order valence-electron chi connectivity index (χ4n) is 4.46. The maximum absolute atomic E-state index is 12.8. The fraction of sp³-hybridized carbons (Fsp3) is 0.348. The van der Waals surface area contributed by atoms with Gasteiger partial charge in [0.15, 0.2) is 0 Å². The largest absolute Gasteiger partial charge is 0.445 e. The highest BCUT2D eigenvalue weighted by atomic mass is 16.6. The van der Waals surface area contributed by atoms with Crippen molar-refractivity contribution < 1.29 is 19.4 Å². The Bertz CT molecular complexity index is 1040. The molecule has 5 rings (SSSR count). The van der Waals surface area contributed by atoms with Gasteiger partial charge < -0.3 is 14.6 Å². The average molecular weight is 405 g/mol. The Morgan fingerprint density at radius 2 is 1.73 bits per heavy atom. The first kappa shape index (κ1) is 19.0. The molecule has 7 heteroatoms. The van der Waals surface area contributed by atoms with Gasteiger partial charge in [-0.25, -0.2) is 9.78 Å². The lowest BCUT2D eigenvalue weighted by atomic mass is 9.79. The molecule has 7 nitrogen and oxygen atoms in total. The summed E-state index contributed by atoms with van der Waals surface area (Å²) in [5.74, 6) is 0. The highest BCUT2D eigenvalue weighted by molar-refractivity contribution is 5.73. The molecule has 3 aromatic rings. The number of aliphatic hydroxyl groups is 1. The van der Waals surface area contributed by atoms with Gasteiger partial charge in [0.25, 0.3) is 0 Å². The molecule has 1 N–H and O–H groups in total. The molecule has 2 aliphatic heterocycles. The van der Waals surface area contributed by atoms with Gasteiger partial charge in [-0.2, -0.15) is 0 Å². The normalized spacial score (nSPS) is 25.8. The Labute approximate surface area is 174 Å². The molecule has 2 bridgehead atoms. The summed E-state index contributed by atoms with van der Waals surface area (Å²) >= 11 is 0. The molecule has 0 spiro atoms. The predicted molar refractivity (Wildman–Crippen MR) is 110 cm³/mol. The molecule has 0 radical (unpaired) electrons. The van der Waals surface area contributed by atoms with Crippen LogP contribution in [0, 0.1) is 0 Å². The van der Waals surface area contributed by atoms with Gasteiger partial charge >= 0.3 is 6.09 Å². The molecule has 3 heterocycles. The van der Waals surface area contributed by atoms with E-state index in [1.165, 1.54) is 0 Å². The molecule has 2 aromatic carbocycles. The number of benzene rings is 2. The predicted octanol–water partition coefficient (Wildman–Crippen LogP) is 3.02. The second kappa shape index (κ2) is 7.66. The molecule has 154 valence electrons. The third-order valence-electron chi connectivity index (χ3n) is 5.90. The standard InChI is InChI=1S/C23H23N3O4/c27-22(30-13-16-6-2-1-3-7-16)26-17-10-23(28,11-18(26)15-29-14-17)21-12-24-19-8-4-5-9-20(19)25-21/h1-9,12,17-18,28H,10-11,13-15H2. The molecule has 2 fully saturated rings. The van der Waals surface area contributed by atoms with Gasteiger partial charge in [0, 0.05) is 12.8 Å². The van der Waals surface area contributed by atoms with Crippen LogP contribution in [0.1, 0.15) is 24.1 Å². The zero-order chi connectivity index (χ0) is 20.6. The first-order chi connectivity index (χ1) is 14.6. The summed E-state index contributed by atoms with van der Waals surface area (Å²) in [5, 5.41) is 11.5. The third-order valence-corrected chi connectivity index (χ3v) is 5.90. The van der Waals surface area contributed by atoms with Gasteiger partial charge in [-0.05, 0) is 17.7 Å². The van der Waals surface area contributed by atoms with Crippen molar-refractivity contribution in [1.29, 1.82) is 0 Å². The molecule has 0 aliphatic carbocycles. The van der Waals surface area contributed by atoms with E-state index in [4.69, 9.17) is 9.47 Å². The number of carbonyl (C=O) groups is 1. The van der Waals surface area contributed by atoms with Crippen LogP contribution in [0.15, 0.2) is 60.8 Å². The summed E-state index contributed by atoms with van der Waals surface area (Å²) in [6, 6.07) is 16.6. The van der Waals surface area contributed by atoms with E-state index in [9.17, 15) is 9.90 Å². The first-order valence-corrected chi connectivity index (χ1v) is 10.1. The Morgan fingerprint density at radius 3 is 2.47 bits per heavy atom. The summed E-state index contributed by atoms with van der Waals surface area (Å²) in [6.45, 7) is 0.942. The van der Waals surface area contributed by atoms with E-state index in [0.717, 1.165) is 16.6 Å². The summed E-state index contributed by atoms with van der Waals surface area (Å²) in [6.07, 6.45) is 1.93. The van der Waals surface area contributed by atoms with E-state index < -0.39 is 5.60 Å². The minimum absolute atomic E-state index is 0.219.